The highest BCUT2D eigenvalue weighted by Gasteiger charge is 2.24. The molecule has 0 radical (unpaired) electrons. The molecule has 0 aromatic heterocycles. The van der Waals surface area contributed by atoms with Crippen molar-refractivity contribution in [2.75, 3.05) is 27.2 Å². The highest BCUT2D eigenvalue weighted by molar-refractivity contribution is 5.68. The molecule has 132 valence electrons. The fraction of sp³-hybridized carbons (Fsp3) is 0.947. The Kier molecular flexibility index (Phi) is 13.9. The van der Waals surface area contributed by atoms with Gasteiger partial charge in [0.15, 0.2) is 0 Å². The predicted molar refractivity (Wildman–Crippen MR) is 96.7 cm³/mol. The van der Waals surface area contributed by atoms with Gasteiger partial charge in [0.2, 0.25) is 0 Å². The van der Waals surface area contributed by atoms with Crippen LogP contribution in [0, 0.1) is 0 Å². The van der Waals surface area contributed by atoms with Crippen LogP contribution in [0.1, 0.15) is 90.4 Å². The second kappa shape index (κ2) is 14.2. The summed E-state index contributed by atoms with van der Waals surface area (Å²) in [6.07, 6.45) is 16.3. The van der Waals surface area contributed by atoms with Crippen LogP contribution in [0.4, 0.5) is 0 Å². The molecule has 0 aliphatic carbocycles. The van der Waals surface area contributed by atoms with E-state index in [9.17, 15) is 4.79 Å². The molecule has 0 aromatic carbocycles. The van der Waals surface area contributed by atoms with Gasteiger partial charge in [-0.3, -0.25) is 4.48 Å². The highest BCUT2D eigenvalue weighted by atomic mass is 16.2. The zero-order valence-corrected chi connectivity index (χ0v) is 15.5. The first kappa shape index (κ1) is 21.6. The second-order valence-corrected chi connectivity index (χ2v) is 7.23. The topological polar surface area (TPSA) is 43.1 Å². The average molecular weight is 314 g/mol. The van der Waals surface area contributed by atoms with Gasteiger partial charge in [-0.2, -0.15) is 0 Å². The molecular weight excluding hydrogens is 272 g/mol. The lowest BCUT2D eigenvalue weighted by Gasteiger charge is -2.26. The number of amides is 1. The van der Waals surface area contributed by atoms with Gasteiger partial charge in [-0.05, 0) is 13.0 Å². The van der Waals surface area contributed by atoms with E-state index in [0.29, 0.717) is 16.9 Å². The molecule has 1 amide bonds. The first-order valence-electron chi connectivity index (χ1n) is 9.61. The molecule has 0 fully saturated rings. The molecule has 3 nitrogen and oxygen atoms in total. The second-order valence-electron chi connectivity index (χ2n) is 7.23. The number of hydrogen-bond acceptors (Lipinski definition) is 2. The predicted octanol–water partition coefficient (Wildman–Crippen LogP) is 4.64. The summed E-state index contributed by atoms with van der Waals surface area (Å²) in [5.74, 6) is 0.365. The Bertz CT molecular complexity index is 264. The molecule has 0 saturated carbocycles. The first-order valence-corrected chi connectivity index (χ1v) is 9.61. The minimum absolute atomic E-state index is 0.365. The van der Waals surface area contributed by atoms with Crippen molar-refractivity contribution in [1.29, 1.82) is 0 Å². The fourth-order valence-corrected chi connectivity index (χ4v) is 2.85. The smallest absolute Gasteiger partial charge is 0.313 e. The van der Waals surface area contributed by atoms with Crippen LogP contribution in [-0.4, -0.2) is 37.6 Å². The van der Waals surface area contributed by atoms with Crippen LogP contribution in [0.25, 0.3) is 0 Å². The Morgan fingerprint density at radius 2 is 1.23 bits per heavy atom. The maximum atomic E-state index is 12.2. The molecule has 2 N–H and O–H groups in total. The molecule has 0 bridgehead atoms. The summed E-state index contributed by atoms with van der Waals surface area (Å²) in [5, 5.41) is 0. The highest BCUT2D eigenvalue weighted by Crippen LogP contribution is 2.13. The van der Waals surface area contributed by atoms with E-state index in [0.717, 1.165) is 25.8 Å². The van der Waals surface area contributed by atoms with E-state index in [1.165, 1.54) is 64.2 Å². The third-order valence-corrected chi connectivity index (χ3v) is 4.59. The number of carbonyl (C=O) groups is 1. The number of unbranched alkanes of at least 4 members (excludes halogenated alkanes) is 10. The van der Waals surface area contributed by atoms with Crippen LogP contribution in [0.5, 0.6) is 0 Å². The van der Waals surface area contributed by atoms with E-state index < -0.39 is 0 Å². The van der Waals surface area contributed by atoms with Gasteiger partial charge >= 0.3 is 5.91 Å². The Hall–Kier alpha value is -0.410. The van der Waals surface area contributed by atoms with Crippen molar-refractivity contribution in [1.82, 2.24) is 0 Å². The molecule has 0 saturated heterocycles. The first-order chi connectivity index (χ1) is 10.5. The van der Waals surface area contributed by atoms with E-state index >= 15 is 0 Å². The van der Waals surface area contributed by atoms with Crippen molar-refractivity contribution in [2.24, 2.45) is 5.73 Å². The summed E-state index contributed by atoms with van der Waals surface area (Å²) in [5.41, 5.74) is 5.53. The van der Waals surface area contributed by atoms with E-state index in [1.54, 1.807) is 0 Å². The normalized spacial score (nSPS) is 11.8. The molecule has 0 aromatic rings. The Morgan fingerprint density at radius 3 is 1.68 bits per heavy atom. The summed E-state index contributed by atoms with van der Waals surface area (Å²) in [7, 11) is 4.02. The Labute approximate surface area is 139 Å². The lowest BCUT2D eigenvalue weighted by molar-refractivity contribution is -0.814. The van der Waals surface area contributed by atoms with E-state index in [4.69, 9.17) is 5.73 Å². The van der Waals surface area contributed by atoms with Crippen LogP contribution in [0.3, 0.4) is 0 Å². The standard InChI is InChI=1S/C19H41N2O/c1-4-5-6-7-8-9-10-11-12-13-14-16-19(22)21(2,3)18-15-17-20/h4-18,20H2,1-3H3/q+1. The average Bonchev–Trinajstić information content (AvgIpc) is 2.50. The van der Waals surface area contributed by atoms with Crippen molar-refractivity contribution in [3.63, 3.8) is 0 Å². The quantitative estimate of drug-likeness (QED) is 0.353. The molecule has 0 rings (SSSR count). The van der Waals surface area contributed by atoms with Crippen LogP contribution in [0.15, 0.2) is 0 Å². The molecule has 0 aliphatic heterocycles. The lowest BCUT2D eigenvalue weighted by Crippen LogP contribution is -2.46. The summed E-state index contributed by atoms with van der Waals surface area (Å²) >= 11 is 0. The van der Waals surface area contributed by atoms with Gasteiger partial charge in [0, 0.05) is 6.42 Å². The zero-order valence-electron chi connectivity index (χ0n) is 15.5. The summed E-state index contributed by atoms with van der Waals surface area (Å²) in [6, 6.07) is 0. The fourth-order valence-electron chi connectivity index (χ4n) is 2.85. The summed E-state index contributed by atoms with van der Waals surface area (Å²) < 4.78 is 0.495. The summed E-state index contributed by atoms with van der Waals surface area (Å²) in [6.45, 7) is 3.81. The van der Waals surface area contributed by atoms with Crippen molar-refractivity contribution in [3.05, 3.63) is 0 Å². The van der Waals surface area contributed by atoms with Gasteiger partial charge < -0.3 is 5.73 Å². The number of rotatable bonds is 15. The van der Waals surface area contributed by atoms with Gasteiger partial charge in [0.05, 0.1) is 27.1 Å². The minimum atomic E-state index is 0.365. The molecule has 0 atom stereocenters. The van der Waals surface area contributed by atoms with E-state index in [2.05, 4.69) is 6.92 Å². The lowest BCUT2D eigenvalue weighted by atomic mass is 10.0. The van der Waals surface area contributed by atoms with Gasteiger partial charge in [-0.25, -0.2) is 4.79 Å². The van der Waals surface area contributed by atoms with E-state index in [1.807, 2.05) is 14.1 Å². The van der Waals surface area contributed by atoms with Gasteiger partial charge in [-0.15, -0.1) is 0 Å². The molecular formula is C19H41N2O+. The maximum absolute atomic E-state index is 12.2. The van der Waals surface area contributed by atoms with Crippen LogP contribution in [0.2, 0.25) is 0 Å². The van der Waals surface area contributed by atoms with Crippen molar-refractivity contribution in [3.8, 4) is 0 Å². The number of carbonyl (C=O) groups excluding carboxylic acids is 1. The van der Waals surface area contributed by atoms with Crippen molar-refractivity contribution >= 4 is 5.91 Å². The Balaban J connectivity index is 3.40. The number of nitrogens with zero attached hydrogens (tertiary/aromatic N) is 1. The van der Waals surface area contributed by atoms with Crippen LogP contribution in [-0.2, 0) is 4.79 Å². The van der Waals surface area contributed by atoms with Crippen LogP contribution < -0.4 is 5.73 Å². The molecule has 22 heavy (non-hydrogen) atoms. The summed E-state index contributed by atoms with van der Waals surface area (Å²) in [4.78, 5) is 12.2. The number of quaternary nitrogens is 1. The van der Waals surface area contributed by atoms with Crippen LogP contribution >= 0.6 is 0 Å². The molecule has 0 unspecified atom stereocenters. The van der Waals surface area contributed by atoms with Gasteiger partial charge in [-0.1, -0.05) is 71.1 Å². The molecule has 3 heteroatoms. The minimum Gasteiger partial charge on any atom is -0.330 e. The maximum Gasteiger partial charge on any atom is 0.313 e. The van der Waals surface area contributed by atoms with Crippen molar-refractivity contribution < 1.29 is 9.28 Å². The molecule has 0 spiro atoms. The largest absolute Gasteiger partial charge is 0.330 e. The zero-order chi connectivity index (χ0) is 16.7. The number of hydrogen-bond donors (Lipinski definition) is 1. The number of nitrogens with two attached hydrogens (primary N) is 1. The van der Waals surface area contributed by atoms with Gasteiger partial charge in [0.25, 0.3) is 0 Å². The van der Waals surface area contributed by atoms with Crippen molar-refractivity contribution in [2.45, 2.75) is 90.4 Å². The monoisotopic (exact) mass is 313 g/mol. The third kappa shape index (κ3) is 12.2. The third-order valence-electron chi connectivity index (χ3n) is 4.59. The SMILES string of the molecule is CCCCCCCCCCCCCC(=O)[N+](C)(C)CCCN. The molecule has 0 aliphatic rings. The van der Waals surface area contributed by atoms with Gasteiger partial charge in [0.1, 0.15) is 0 Å². The molecule has 0 heterocycles. The Morgan fingerprint density at radius 1 is 0.773 bits per heavy atom. The van der Waals surface area contributed by atoms with E-state index in [-0.39, 0.29) is 0 Å².